The lowest BCUT2D eigenvalue weighted by molar-refractivity contribution is -0.136. The number of hydrogen-bond donors (Lipinski definition) is 2. The van der Waals surface area contributed by atoms with Crippen LogP contribution in [0.4, 0.5) is 0 Å². The van der Waals surface area contributed by atoms with Crippen molar-refractivity contribution in [3.05, 3.63) is 0 Å². The number of carbonyl (C=O) groups excluding carboxylic acids is 1. The number of rotatable bonds is 2. The van der Waals surface area contributed by atoms with Crippen LogP contribution in [0.2, 0.25) is 0 Å². The van der Waals surface area contributed by atoms with Gasteiger partial charge in [-0.1, -0.05) is 19.0 Å². The van der Waals surface area contributed by atoms with Gasteiger partial charge in [-0.15, -0.1) is 0 Å². The van der Waals surface area contributed by atoms with Crippen molar-refractivity contribution in [2.24, 2.45) is 22.2 Å². The van der Waals surface area contributed by atoms with Crippen LogP contribution in [0.1, 0.15) is 33.6 Å². The van der Waals surface area contributed by atoms with Gasteiger partial charge in [0, 0.05) is 13.1 Å². The Morgan fingerprint density at radius 2 is 2.19 bits per heavy atom. The Morgan fingerprint density at radius 3 is 2.69 bits per heavy atom. The van der Waals surface area contributed by atoms with E-state index in [9.17, 15) is 4.79 Å². The highest BCUT2D eigenvalue weighted by atomic mass is 16.4. The van der Waals surface area contributed by atoms with E-state index in [1.54, 1.807) is 6.92 Å². The van der Waals surface area contributed by atoms with Gasteiger partial charge in [0.1, 0.15) is 0 Å². The molecule has 1 saturated heterocycles. The topological polar surface area (TPSA) is 78.9 Å². The highest BCUT2D eigenvalue weighted by Crippen LogP contribution is 2.29. The molecule has 0 radical (unpaired) electrons. The first-order chi connectivity index (χ1) is 7.37. The minimum Gasteiger partial charge on any atom is -0.409 e. The number of oxime groups is 1. The molecule has 0 aliphatic carbocycles. The Hall–Kier alpha value is -1.26. The Kier molecular flexibility index (Phi) is 3.78. The molecule has 1 unspecified atom stereocenters. The summed E-state index contributed by atoms with van der Waals surface area (Å²) in [5.74, 6) is -0.615. The van der Waals surface area contributed by atoms with E-state index in [0.717, 1.165) is 25.9 Å². The van der Waals surface area contributed by atoms with Crippen LogP contribution in [0.3, 0.4) is 0 Å². The minimum absolute atomic E-state index is 0.0200. The van der Waals surface area contributed by atoms with Gasteiger partial charge < -0.3 is 15.8 Å². The van der Waals surface area contributed by atoms with Crippen molar-refractivity contribution in [2.75, 3.05) is 13.1 Å². The summed E-state index contributed by atoms with van der Waals surface area (Å²) in [4.78, 5) is 13.9. The van der Waals surface area contributed by atoms with Crippen molar-refractivity contribution >= 4 is 11.7 Å². The normalized spacial score (nSPS) is 22.9. The lowest BCUT2D eigenvalue weighted by Crippen LogP contribution is -2.47. The first kappa shape index (κ1) is 12.8. The van der Waals surface area contributed by atoms with E-state index in [1.807, 2.05) is 4.90 Å². The predicted molar refractivity (Wildman–Crippen MR) is 62.2 cm³/mol. The van der Waals surface area contributed by atoms with E-state index >= 15 is 0 Å². The molecule has 0 aromatic carbocycles. The summed E-state index contributed by atoms with van der Waals surface area (Å²) in [6.45, 7) is 7.49. The molecule has 1 heterocycles. The zero-order valence-corrected chi connectivity index (χ0v) is 10.2. The largest absolute Gasteiger partial charge is 0.409 e. The minimum atomic E-state index is -0.543. The van der Waals surface area contributed by atoms with Crippen molar-refractivity contribution in [3.63, 3.8) is 0 Å². The standard InChI is InChI=1S/C11H21N3O2/c1-8(9(12)13-16)10(15)14-6-4-5-11(2,3)7-14/h8,16H,4-7H2,1-3H3,(H2,12,13). The zero-order chi connectivity index (χ0) is 12.3. The number of carbonyl (C=O) groups is 1. The van der Waals surface area contributed by atoms with Crippen LogP contribution in [0.25, 0.3) is 0 Å². The Balaban J connectivity index is 2.67. The van der Waals surface area contributed by atoms with Gasteiger partial charge in [0.15, 0.2) is 5.84 Å². The van der Waals surface area contributed by atoms with Gasteiger partial charge in [-0.25, -0.2) is 0 Å². The van der Waals surface area contributed by atoms with E-state index in [2.05, 4.69) is 19.0 Å². The smallest absolute Gasteiger partial charge is 0.233 e. The third kappa shape index (κ3) is 2.87. The Bertz CT molecular complexity index is 300. The molecule has 16 heavy (non-hydrogen) atoms. The maximum absolute atomic E-state index is 12.0. The van der Waals surface area contributed by atoms with Gasteiger partial charge >= 0.3 is 0 Å². The highest BCUT2D eigenvalue weighted by molar-refractivity contribution is 6.01. The summed E-state index contributed by atoms with van der Waals surface area (Å²) in [5, 5.41) is 11.4. The van der Waals surface area contributed by atoms with Gasteiger partial charge in [0.05, 0.1) is 5.92 Å². The molecule has 0 aromatic heterocycles. The monoisotopic (exact) mass is 227 g/mol. The molecule has 92 valence electrons. The van der Waals surface area contributed by atoms with Gasteiger partial charge in [-0.05, 0) is 25.2 Å². The second-order valence-corrected chi connectivity index (χ2v) is 5.27. The quantitative estimate of drug-likeness (QED) is 0.320. The van der Waals surface area contributed by atoms with Crippen LogP contribution >= 0.6 is 0 Å². The first-order valence-electron chi connectivity index (χ1n) is 5.63. The molecule has 5 nitrogen and oxygen atoms in total. The molecule has 1 rings (SSSR count). The van der Waals surface area contributed by atoms with Gasteiger partial charge in [0.2, 0.25) is 5.91 Å². The van der Waals surface area contributed by atoms with Crippen LogP contribution < -0.4 is 5.73 Å². The summed E-state index contributed by atoms with van der Waals surface area (Å²) in [6, 6.07) is 0. The van der Waals surface area contributed by atoms with Crippen LogP contribution in [-0.2, 0) is 4.79 Å². The zero-order valence-electron chi connectivity index (χ0n) is 10.2. The summed E-state index contributed by atoms with van der Waals surface area (Å²) in [6.07, 6.45) is 2.15. The van der Waals surface area contributed by atoms with E-state index in [0.29, 0.717) is 0 Å². The molecular weight excluding hydrogens is 206 g/mol. The third-order valence-corrected chi connectivity index (χ3v) is 3.14. The maximum atomic E-state index is 12.0. The molecular formula is C11H21N3O2. The van der Waals surface area contributed by atoms with Crippen LogP contribution in [0.5, 0.6) is 0 Å². The fourth-order valence-electron chi connectivity index (χ4n) is 2.10. The fourth-order valence-corrected chi connectivity index (χ4v) is 2.10. The van der Waals surface area contributed by atoms with Crippen LogP contribution in [-0.4, -0.2) is 34.9 Å². The second-order valence-electron chi connectivity index (χ2n) is 5.27. The molecule has 1 fully saturated rings. The van der Waals surface area contributed by atoms with E-state index in [-0.39, 0.29) is 17.2 Å². The lowest BCUT2D eigenvalue weighted by Gasteiger charge is -2.39. The molecule has 1 atom stereocenters. The van der Waals surface area contributed by atoms with E-state index < -0.39 is 5.92 Å². The molecule has 3 N–H and O–H groups in total. The van der Waals surface area contributed by atoms with Gasteiger partial charge in [-0.2, -0.15) is 0 Å². The number of amides is 1. The molecule has 1 aliphatic heterocycles. The molecule has 0 aromatic rings. The van der Waals surface area contributed by atoms with Gasteiger partial charge in [0.25, 0.3) is 0 Å². The lowest BCUT2D eigenvalue weighted by atomic mass is 9.84. The molecule has 0 saturated carbocycles. The SMILES string of the molecule is CC(C(=O)N1CCCC(C)(C)C1)C(N)=NO. The molecule has 0 spiro atoms. The van der Waals surface area contributed by atoms with E-state index in [1.165, 1.54) is 0 Å². The average molecular weight is 227 g/mol. The Morgan fingerprint density at radius 1 is 1.56 bits per heavy atom. The number of amidine groups is 1. The third-order valence-electron chi connectivity index (χ3n) is 3.14. The van der Waals surface area contributed by atoms with Crippen molar-refractivity contribution in [3.8, 4) is 0 Å². The summed E-state index contributed by atoms with van der Waals surface area (Å²) in [5.41, 5.74) is 5.61. The number of nitrogens with zero attached hydrogens (tertiary/aromatic N) is 2. The summed E-state index contributed by atoms with van der Waals surface area (Å²) >= 11 is 0. The first-order valence-corrected chi connectivity index (χ1v) is 5.63. The second kappa shape index (κ2) is 4.72. The molecule has 1 aliphatic rings. The average Bonchev–Trinajstić information content (AvgIpc) is 2.24. The van der Waals surface area contributed by atoms with Crippen molar-refractivity contribution in [1.82, 2.24) is 4.90 Å². The van der Waals surface area contributed by atoms with Crippen molar-refractivity contribution < 1.29 is 10.0 Å². The Labute approximate surface area is 96.3 Å². The number of nitrogens with two attached hydrogens (primary N) is 1. The summed E-state index contributed by atoms with van der Waals surface area (Å²) < 4.78 is 0. The number of likely N-dealkylation sites (tertiary alicyclic amines) is 1. The van der Waals surface area contributed by atoms with Crippen molar-refractivity contribution in [1.29, 1.82) is 0 Å². The predicted octanol–water partition coefficient (Wildman–Crippen LogP) is 1.02. The number of hydrogen-bond acceptors (Lipinski definition) is 3. The molecule has 0 bridgehead atoms. The summed E-state index contributed by atoms with van der Waals surface area (Å²) in [7, 11) is 0. The molecule has 1 amide bonds. The van der Waals surface area contributed by atoms with Crippen LogP contribution in [0.15, 0.2) is 5.16 Å². The van der Waals surface area contributed by atoms with Gasteiger partial charge in [-0.3, -0.25) is 4.79 Å². The maximum Gasteiger partial charge on any atom is 0.233 e. The number of piperidine rings is 1. The molecule has 5 heteroatoms. The van der Waals surface area contributed by atoms with E-state index in [4.69, 9.17) is 10.9 Å². The fraction of sp³-hybridized carbons (Fsp3) is 0.818. The van der Waals surface area contributed by atoms with Crippen molar-refractivity contribution in [2.45, 2.75) is 33.6 Å². The van der Waals surface area contributed by atoms with Crippen LogP contribution in [0, 0.1) is 11.3 Å². The highest BCUT2D eigenvalue weighted by Gasteiger charge is 2.32.